The van der Waals surface area contributed by atoms with Crippen LogP contribution in [0.2, 0.25) is 0 Å². The van der Waals surface area contributed by atoms with E-state index in [0.717, 1.165) is 6.42 Å². The van der Waals surface area contributed by atoms with E-state index in [1.807, 2.05) is 6.92 Å². The maximum absolute atomic E-state index is 12.1. The van der Waals surface area contributed by atoms with Crippen molar-refractivity contribution >= 4 is 23.4 Å². The summed E-state index contributed by atoms with van der Waals surface area (Å²) in [5.74, 6) is -0.335. The molecule has 0 saturated heterocycles. The third kappa shape index (κ3) is 5.98. The number of amides is 1. The highest BCUT2D eigenvalue weighted by Crippen LogP contribution is 2.36. The molecule has 3 N–H and O–H groups in total. The molecule has 0 heterocycles. The maximum atomic E-state index is 12.1. The largest absolute Gasteiger partial charge is 0.446 e. The lowest BCUT2D eigenvalue weighted by molar-refractivity contribution is -0.117. The predicted molar refractivity (Wildman–Crippen MR) is 69.9 cm³/mol. The minimum atomic E-state index is -4.31. The number of thioether (sulfide) groups is 1. The van der Waals surface area contributed by atoms with Crippen molar-refractivity contribution in [3.05, 3.63) is 24.3 Å². The molecule has 0 bridgehead atoms. The maximum Gasteiger partial charge on any atom is 0.446 e. The number of carbonyl (C=O) groups excluding carboxylic acids is 1. The van der Waals surface area contributed by atoms with Gasteiger partial charge in [0.2, 0.25) is 5.91 Å². The second kappa shape index (κ2) is 6.81. The Morgan fingerprint density at radius 3 is 2.42 bits per heavy atom. The van der Waals surface area contributed by atoms with E-state index in [1.165, 1.54) is 24.3 Å². The molecule has 19 heavy (non-hydrogen) atoms. The van der Waals surface area contributed by atoms with E-state index in [1.54, 1.807) is 0 Å². The molecule has 1 atom stereocenters. The first-order valence-electron chi connectivity index (χ1n) is 5.74. The van der Waals surface area contributed by atoms with E-state index in [2.05, 4.69) is 5.32 Å². The zero-order valence-electron chi connectivity index (χ0n) is 10.3. The van der Waals surface area contributed by atoms with Crippen molar-refractivity contribution in [1.82, 2.24) is 0 Å². The molecule has 0 saturated carbocycles. The molecular formula is C12H15F3N2OS. The summed E-state index contributed by atoms with van der Waals surface area (Å²) in [6.07, 6.45) is 1.35. The van der Waals surface area contributed by atoms with E-state index in [4.69, 9.17) is 5.73 Å². The van der Waals surface area contributed by atoms with Crippen molar-refractivity contribution in [1.29, 1.82) is 0 Å². The zero-order chi connectivity index (χ0) is 14.5. The number of halogens is 3. The number of hydrogen-bond acceptors (Lipinski definition) is 3. The fraction of sp³-hybridized carbons (Fsp3) is 0.417. The molecule has 1 aromatic carbocycles. The van der Waals surface area contributed by atoms with Gasteiger partial charge in [-0.25, -0.2) is 0 Å². The highest BCUT2D eigenvalue weighted by Gasteiger charge is 2.29. The van der Waals surface area contributed by atoms with Crippen molar-refractivity contribution in [3.8, 4) is 0 Å². The third-order valence-corrected chi connectivity index (χ3v) is 3.03. The SMILES string of the molecule is CCC[C@H](N)C(=O)Nc1ccc(SC(F)(F)F)cc1. The highest BCUT2D eigenvalue weighted by atomic mass is 32.2. The van der Waals surface area contributed by atoms with Crippen molar-refractivity contribution in [2.45, 2.75) is 36.2 Å². The number of nitrogens with two attached hydrogens (primary N) is 1. The molecule has 0 aliphatic heterocycles. The monoisotopic (exact) mass is 292 g/mol. The van der Waals surface area contributed by atoms with Gasteiger partial charge in [-0.2, -0.15) is 13.2 Å². The average Bonchev–Trinajstić information content (AvgIpc) is 2.30. The van der Waals surface area contributed by atoms with Crippen LogP contribution in [0.4, 0.5) is 18.9 Å². The molecule has 106 valence electrons. The van der Waals surface area contributed by atoms with Crippen LogP contribution in [0.3, 0.4) is 0 Å². The van der Waals surface area contributed by atoms with Crippen molar-refractivity contribution in [2.24, 2.45) is 5.73 Å². The minimum absolute atomic E-state index is 0.0726. The average molecular weight is 292 g/mol. The first-order chi connectivity index (χ1) is 8.81. The highest BCUT2D eigenvalue weighted by molar-refractivity contribution is 8.00. The Morgan fingerprint density at radius 1 is 1.37 bits per heavy atom. The van der Waals surface area contributed by atoms with E-state index in [9.17, 15) is 18.0 Å². The lowest BCUT2D eigenvalue weighted by Gasteiger charge is -2.11. The molecule has 0 spiro atoms. The van der Waals surface area contributed by atoms with Gasteiger partial charge in [0.15, 0.2) is 0 Å². The van der Waals surface area contributed by atoms with Crippen LogP contribution in [0.25, 0.3) is 0 Å². The van der Waals surface area contributed by atoms with Gasteiger partial charge in [-0.3, -0.25) is 4.79 Å². The molecule has 1 aromatic rings. The van der Waals surface area contributed by atoms with Crippen LogP contribution in [0, 0.1) is 0 Å². The molecule has 1 amide bonds. The van der Waals surface area contributed by atoms with Gasteiger partial charge in [-0.1, -0.05) is 13.3 Å². The summed E-state index contributed by atoms with van der Waals surface area (Å²) in [4.78, 5) is 11.7. The Kier molecular flexibility index (Phi) is 5.68. The standard InChI is InChI=1S/C12H15F3N2OS/c1-2-3-10(16)11(18)17-8-4-6-9(7-5-8)19-12(13,14)15/h4-7,10H,2-3,16H2,1H3,(H,17,18)/t10-/m0/s1. The van der Waals surface area contributed by atoms with Gasteiger partial charge in [0.25, 0.3) is 0 Å². The first-order valence-corrected chi connectivity index (χ1v) is 6.55. The molecular weight excluding hydrogens is 277 g/mol. The topological polar surface area (TPSA) is 55.1 Å². The molecule has 0 aliphatic carbocycles. The molecule has 3 nitrogen and oxygen atoms in total. The minimum Gasteiger partial charge on any atom is -0.325 e. The molecule has 7 heteroatoms. The quantitative estimate of drug-likeness (QED) is 0.818. The lowest BCUT2D eigenvalue weighted by atomic mass is 10.1. The summed E-state index contributed by atoms with van der Waals surface area (Å²) in [5.41, 5.74) is 1.75. The molecule has 0 fully saturated rings. The smallest absolute Gasteiger partial charge is 0.325 e. The Labute approximate surface area is 113 Å². The van der Waals surface area contributed by atoms with Crippen LogP contribution in [0.1, 0.15) is 19.8 Å². The van der Waals surface area contributed by atoms with E-state index < -0.39 is 11.6 Å². The Morgan fingerprint density at radius 2 is 1.95 bits per heavy atom. The number of hydrogen-bond donors (Lipinski definition) is 2. The number of nitrogens with one attached hydrogen (secondary N) is 1. The number of carbonyl (C=O) groups is 1. The third-order valence-electron chi connectivity index (χ3n) is 2.29. The van der Waals surface area contributed by atoms with Gasteiger partial charge in [0.05, 0.1) is 6.04 Å². The molecule has 0 aromatic heterocycles. The molecule has 0 unspecified atom stereocenters. The number of rotatable bonds is 5. The normalized spacial score (nSPS) is 13.1. The Hall–Kier alpha value is -1.21. The lowest BCUT2D eigenvalue weighted by Crippen LogP contribution is -2.35. The van der Waals surface area contributed by atoms with E-state index >= 15 is 0 Å². The van der Waals surface area contributed by atoms with Crippen molar-refractivity contribution in [2.75, 3.05) is 5.32 Å². The van der Waals surface area contributed by atoms with Gasteiger partial charge in [-0.05, 0) is 42.4 Å². The van der Waals surface area contributed by atoms with Gasteiger partial charge in [0, 0.05) is 10.6 Å². The summed E-state index contributed by atoms with van der Waals surface area (Å²) >= 11 is -0.195. The molecule has 0 radical (unpaired) electrons. The van der Waals surface area contributed by atoms with Crippen LogP contribution in [0.5, 0.6) is 0 Å². The Bertz CT molecular complexity index is 420. The van der Waals surface area contributed by atoms with Crippen molar-refractivity contribution in [3.63, 3.8) is 0 Å². The molecule has 0 aliphatic rings. The van der Waals surface area contributed by atoms with Crippen LogP contribution in [-0.4, -0.2) is 17.5 Å². The van der Waals surface area contributed by atoms with Gasteiger partial charge >= 0.3 is 5.51 Å². The number of benzene rings is 1. The fourth-order valence-corrected chi connectivity index (χ4v) is 1.96. The predicted octanol–water partition coefficient (Wildman–Crippen LogP) is 3.36. The summed E-state index contributed by atoms with van der Waals surface area (Å²) in [7, 11) is 0. The van der Waals surface area contributed by atoms with Crippen LogP contribution >= 0.6 is 11.8 Å². The van der Waals surface area contributed by atoms with E-state index in [-0.39, 0.29) is 22.6 Å². The van der Waals surface area contributed by atoms with E-state index in [0.29, 0.717) is 12.1 Å². The van der Waals surface area contributed by atoms with Crippen LogP contribution in [0.15, 0.2) is 29.2 Å². The first kappa shape index (κ1) is 15.8. The zero-order valence-corrected chi connectivity index (χ0v) is 11.1. The summed E-state index contributed by atoms with van der Waals surface area (Å²) in [5, 5.41) is 2.56. The second-order valence-electron chi connectivity index (χ2n) is 3.96. The number of alkyl halides is 3. The summed E-state index contributed by atoms with van der Waals surface area (Å²) in [6, 6.07) is 4.85. The van der Waals surface area contributed by atoms with Gasteiger partial charge in [0.1, 0.15) is 0 Å². The van der Waals surface area contributed by atoms with Crippen LogP contribution < -0.4 is 11.1 Å². The fourth-order valence-electron chi connectivity index (χ4n) is 1.42. The van der Waals surface area contributed by atoms with Gasteiger partial charge < -0.3 is 11.1 Å². The van der Waals surface area contributed by atoms with Crippen LogP contribution in [-0.2, 0) is 4.79 Å². The Balaban J connectivity index is 2.59. The summed E-state index contributed by atoms with van der Waals surface area (Å²) in [6.45, 7) is 1.91. The summed E-state index contributed by atoms with van der Waals surface area (Å²) < 4.78 is 36.4. The van der Waals surface area contributed by atoms with Crippen molar-refractivity contribution < 1.29 is 18.0 Å². The number of anilines is 1. The second-order valence-corrected chi connectivity index (χ2v) is 5.10. The molecule has 1 rings (SSSR count). The van der Waals surface area contributed by atoms with Gasteiger partial charge in [-0.15, -0.1) is 0 Å².